The second-order valence-corrected chi connectivity index (χ2v) is 3.84. The third-order valence-electron chi connectivity index (χ3n) is 1.39. The number of phenolic OH excluding ortho intramolecular Hbond substituents is 1. The van der Waals surface area contributed by atoms with E-state index in [2.05, 4.69) is 0 Å². The van der Waals surface area contributed by atoms with Crippen molar-refractivity contribution in [3.05, 3.63) is 23.8 Å². The number of aromatic hydroxyl groups is 1. The standard InChI is InChI=1S/C7H8O4S.Na.H/c1-5-2-3-7(6(8)4-5)12(9,10)11;;/h2-4,8H,1H3,(H,9,10,11);;. The SMILES string of the molecule is Cc1ccc(S(=O)(=O)O)c(O)c1.[NaH]. The van der Waals surface area contributed by atoms with Crippen LogP contribution < -0.4 is 0 Å². The molecular weight excluding hydrogens is 203 g/mol. The molecule has 0 aliphatic carbocycles. The summed E-state index contributed by atoms with van der Waals surface area (Å²) in [6.07, 6.45) is 0. The van der Waals surface area contributed by atoms with Crippen molar-refractivity contribution in [3.8, 4) is 5.75 Å². The van der Waals surface area contributed by atoms with E-state index in [1.807, 2.05) is 0 Å². The average Bonchev–Trinajstić information content (AvgIpc) is 1.83. The summed E-state index contributed by atoms with van der Waals surface area (Å²) in [4.78, 5) is -0.465. The molecule has 68 valence electrons. The third kappa shape index (κ3) is 3.28. The van der Waals surface area contributed by atoms with Gasteiger partial charge in [0.05, 0.1) is 0 Å². The molecule has 1 aromatic rings. The second kappa shape index (κ2) is 4.43. The van der Waals surface area contributed by atoms with Crippen LogP contribution in [0, 0.1) is 6.92 Å². The first-order chi connectivity index (χ1) is 5.41. The summed E-state index contributed by atoms with van der Waals surface area (Å²) in [5.41, 5.74) is 0.722. The number of benzene rings is 1. The zero-order valence-electron chi connectivity index (χ0n) is 6.35. The molecule has 13 heavy (non-hydrogen) atoms. The molecule has 0 aromatic heterocycles. The van der Waals surface area contributed by atoms with Gasteiger partial charge in [-0.2, -0.15) is 8.42 Å². The minimum absolute atomic E-state index is 0. The first-order valence-corrected chi connectivity index (χ1v) is 4.62. The summed E-state index contributed by atoms with van der Waals surface area (Å²) in [7, 11) is -4.30. The van der Waals surface area contributed by atoms with Gasteiger partial charge in [0.1, 0.15) is 10.6 Å². The van der Waals surface area contributed by atoms with Crippen molar-refractivity contribution in [2.45, 2.75) is 11.8 Å². The fraction of sp³-hybridized carbons (Fsp3) is 0.143. The second-order valence-electron chi connectivity index (χ2n) is 2.45. The van der Waals surface area contributed by atoms with E-state index in [0.29, 0.717) is 0 Å². The van der Waals surface area contributed by atoms with Crippen molar-refractivity contribution in [1.82, 2.24) is 0 Å². The fourth-order valence-electron chi connectivity index (χ4n) is 0.846. The summed E-state index contributed by atoms with van der Waals surface area (Å²) >= 11 is 0. The van der Waals surface area contributed by atoms with Gasteiger partial charge in [0.2, 0.25) is 0 Å². The molecule has 0 saturated heterocycles. The van der Waals surface area contributed by atoms with Crippen molar-refractivity contribution in [1.29, 1.82) is 0 Å². The normalized spacial score (nSPS) is 10.6. The first-order valence-electron chi connectivity index (χ1n) is 3.18. The minimum atomic E-state index is -4.30. The van der Waals surface area contributed by atoms with E-state index in [1.165, 1.54) is 12.1 Å². The van der Waals surface area contributed by atoms with Crippen molar-refractivity contribution < 1.29 is 18.1 Å². The van der Waals surface area contributed by atoms with Crippen LogP contribution in [0.5, 0.6) is 5.75 Å². The van der Waals surface area contributed by atoms with Crippen molar-refractivity contribution in [3.63, 3.8) is 0 Å². The molecule has 0 spiro atoms. The monoisotopic (exact) mass is 212 g/mol. The van der Waals surface area contributed by atoms with E-state index < -0.39 is 20.8 Å². The van der Waals surface area contributed by atoms with E-state index in [0.717, 1.165) is 11.6 Å². The summed E-state index contributed by atoms with van der Waals surface area (Å²) in [5.74, 6) is -0.433. The van der Waals surface area contributed by atoms with Gasteiger partial charge in [-0.25, -0.2) is 0 Å². The van der Waals surface area contributed by atoms with Crippen LogP contribution in [0.3, 0.4) is 0 Å². The van der Waals surface area contributed by atoms with Crippen LogP contribution in [0.2, 0.25) is 0 Å². The Morgan fingerprint density at radius 2 is 1.85 bits per heavy atom. The van der Waals surface area contributed by atoms with Gasteiger partial charge in [-0.15, -0.1) is 0 Å². The van der Waals surface area contributed by atoms with Gasteiger partial charge in [-0.05, 0) is 24.6 Å². The maximum absolute atomic E-state index is 10.6. The topological polar surface area (TPSA) is 74.6 Å². The van der Waals surface area contributed by atoms with Gasteiger partial charge in [-0.3, -0.25) is 4.55 Å². The molecule has 2 N–H and O–H groups in total. The Balaban J connectivity index is 0.00000144. The number of rotatable bonds is 1. The van der Waals surface area contributed by atoms with Crippen LogP contribution in [-0.2, 0) is 10.1 Å². The van der Waals surface area contributed by atoms with Gasteiger partial charge in [-0.1, -0.05) is 6.07 Å². The number of phenols is 1. The Kier molecular flexibility index (Phi) is 4.41. The zero-order valence-corrected chi connectivity index (χ0v) is 7.17. The molecule has 0 aliphatic heterocycles. The molecule has 0 amide bonds. The Bertz CT molecular complexity index is 399. The zero-order chi connectivity index (χ0) is 9.35. The Morgan fingerprint density at radius 1 is 1.31 bits per heavy atom. The van der Waals surface area contributed by atoms with Gasteiger partial charge < -0.3 is 5.11 Å². The molecule has 0 radical (unpaired) electrons. The summed E-state index contributed by atoms with van der Waals surface area (Å²) in [5, 5.41) is 9.09. The third-order valence-corrected chi connectivity index (χ3v) is 2.29. The number of hydrogen-bond donors (Lipinski definition) is 2. The molecule has 1 rings (SSSR count). The average molecular weight is 212 g/mol. The van der Waals surface area contributed by atoms with Gasteiger partial charge in [0.25, 0.3) is 10.1 Å². The predicted molar refractivity (Wildman–Crippen MR) is 49.8 cm³/mol. The molecule has 0 bridgehead atoms. The molecular formula is C7H9NaO4S. The molecule has 4 nitrogen and oxygen atoms in total. The fourth-order valence-corrected chi connectivity index (χ4v) is 1.41. The molecule has 0 atom stereocenters. The van der Waals surface area contributed by atoms with E-state index in [-0.39, 0.29) is 29.6 Å². The molecule has 1 aromatic carbocycles. The van der Waals surface area contributed by atoms with E-state index in [9.17, 15) is 8.42 Å². The van der Waals surface area contributed by atoms with Crippen LogP contribution in [0.1, 0.15) is 5.56 Å². The molecule has 0 fully saturated rings. The summed E-state index contributed by atoms with van der Waals surface area (Å²) < 4.78 is 29.7. The molecule has 6 heteroatoms. The Labute approximate surface area is 98.6 Å². The van der Waals surface area contributed by atoms with Crippen LogP contribution in [0.25, 0.3) is 0 Å². The van der Waals surface area contributed by atoms with Crippen LogP contribution in [0.15, 0.2) is 23.1 Å². The van der Waals surface area contributed by atoms with Crippen molar-refractivity contribution in [2.75, 3.05) is 0 Å². The molecule has 0 saturated carbocycles. The van der Waals surface area contributed by atoms with Crippen molar-refractivity contribution >= 4 is 39.7 Å². The molecule has 0 heterocycles. The van der Waals surface area contributed by atoms with Gasteiger partial charge >= 0.3 is 29.6 Å². The number of aryl methyl sites for hydroxylation is 1. The van der Waals surface area contributed by atoms with Crippen LogP contribution >= 0.6 is 0 Å². The van der Waals surface area contributed by atoms with Crippen LogP contribution in [0.4, 0.5) is 0 Å². The Hall–Kier alpha value is -0.0700. The number of hydrogen-bond acceptors (Lipinski definition) is 3. The predicted octanol–water partition coefficient (Wildman–Crippen LogP) is 0.299. The Morgan fingerprint density at radius 3 is 2.23 bits per heavy atom. The quantitative estimate of drug-likeness (QED) is 0.518. The molecule has 0 aliphatic rings. The maximum atomic E-state index is 10.6. The van der Waals surface area contributed by atoms with Gasteiger partial charge in [0, 0.05) is 0 Å². The summed E-state index contributed by atoms with van der Waals surface area (Å²) in [6, 6.07) is 3.91. The summed E-state index contributed by atoms with van der Waals surface area (Å²) in [6.45, 7) is 1.70. The van der Waals surface area contributed by atoms with Gasteiger partial charge in [0.15, 0.2) is 0 Å². The van der Waals surface area contributed by atoms with E-state index in [4.69, 9.17) is 9.66 Å². The van der Waals surface area contributed by atoms with Crippen LogP contribution in [-0.4, -0.2) is 47.6 Å². The molecule has 0 unspecified atom stereocenters. The van der Waals surface area contributed by atoms with E-state index in [1.54, 1.807) is 6.92 Å². The van der Waals surface area contributed by atoms with E-state index >= 15 is 0 Å². The van der Waals surface area contributed by atoms with Crippen molar-refractivity contribution in [2.24, 2.45) is 0 Å². The first kappa shape index (κ1) is 12.9.